The standard InChI is InChI=1S/C10H14N2O2/c1-7-8(12-6-5-11-7)9(13)14-10(2,3)4/h5-6H,1-4H3. The molecule has 1 rings (SSSR count). The van der Waals surface area contributed by atoms with E-state index < -0.39 is 11.6 Å². The Bertz CT molecular complexity index is 342. The van der Waals surface area contributed by atoms with Crippen molar-refractivity contribution in [3.63, 3.8) is 0 Å². The van der Waals surface area contributed by atoms with Crippen molar-refractivity contribution in [1.82, 2.24) is 9.97 Å². The number of carbonyl (C=O) groups excluding carboxylic acids is 1. The van der Waals surface area contributed by atoms with Crippen molar-refractivity contribution >= 4 is 5.97 Å². The molecule has 0 fully saturated rings. The lowest BCUT2D eigenvalue weighted by molar-refractivity contribution is 0.00614. The zero-order chi connectivity index (χ0) is 10.8. The number of esters is 1. The van der Waals surface area contributed by atoms with Crippen molar-refractivity contribution in [2.45, 2.75) is 33.3 Å². The van der Waals surface area contributed by atoms with Crippen LogP contribution in [0.4, 0.5) is 0 Å². The fourth-order valence-corrected chi connectivity index (χ4v) is 0.934. The van der Waals surface area contributed by atoms with Crippen LogP contribution in [0.3, 0.4) is 0 Å². The number of ether oxygens (including phenoxy) is 1. The fraction of sp³-hybridized carbons (Fsp3) is 0.500. The predicted molar refractivity (Wildman–Crippen MR) is 51.9 cm³/mol. The first-order chi connectivity index (χ1) is 6.40. The van der Waals surface area contributed by atoms with E-state index in [1.54, 1.807) is 13.1 Å². The molecule has 0 bridgehead atoms. The van der Waals surface area contributed by atoms with Crippen LogP contribution in [0.15, 0.2) is 12.4 Å². The number of aryl methyl sites for hydroxylation is 1. The van der Waals surface area contributed by atoms with Gasteiger partial charge >= 0.3 is 5.97 Å². The monoisotopic (exact) mass is 194 g/mol. The van der Waals surface area contributed by atoms with Crippen molar-refractivity contribution in [3.8, 4) is 0 Å². The van der Waals surface area contributed by atoms with Gasteiger partial charge in [0.15, 0.2) is 5.69 Å². The number of carbonyl (C=O) groups is 1. The van der Waals surface area contributed by atoms with Gasteiger partial charge in [-0.2, -0.15) is 0 Å². The van der Waals surface area contributed by atoms with Crippen LogP contribution in [0.1, 0.15) is 37.0 Å². The van der Waals surface area contributed by atoms with E-state index in [2.05, 4.69) is 9.97 Å². The van der Waals surface area contributed by atoms with E-state index in [9.17, 15) is 4.79 Å². The van der Waals surface area contributed by atoms with Gasteiger partial charge in [0.25, 0.3) is 0 Å². The Morgan fingerprint density at radius 1 is 1.29 bits per heavy atom. The number of nitrogens with zero attached hydrogens (tertiary/aromatic N) is 2. The minimum absolute atomic E-state index is 0.280. The maximum atomic E-state index is 11.6. The van der Waals surface area contributed by atoms with Gasteiger partial charge < -0.3 is 4.74 Å². The van der Waals surface area contributed by atoms with Gasteiger partial charge in [-0.3, -0.25) is 4.98 Å². The smallest absolute Gasteiger partial charge is 0.359 e. The molecule has 0 saturated carbocycles. The maximum Gasteiger partial charge on any atom is 0.359 e. The third kappa shape index (κ3) is 2.80. The summed E-state index contributed by atoms with van der Waals surface area (Å²) in [5, 5.41) is 0. The van der Waals surface area contributed by atoms with Gasteiger partial charge in [-0.05, 0) is 27.7 Å². The first-order valence-corrected chi connectivity index (χ1v) is 4.41. The average molecular weight is 194 g/mol. The Morgan fingerprint density at radius 3 is 2.36 bits per heavy atom. The molecule has 0 atom stereocenters. The predicted octanol–water partition coefficient (Wildman–Crippen LogP) is 1.74. The molecule has 0 unspecified atom stereocenters. The molecule has 0 aliphatic carbocycles. The van der Waals surface area contributed by atoms with Crippen LogP contribution < -0.4 is 0 Å². The van der Waals surface area contributed by atoms with Crippen LogP contribution in [-0.4, -0.2) is 21.5 Å². The molecule has 4 heteroatoms. The Labute approximate surface area is 83.3 Å². The van der Waals surface area contributed by atoms with E-state index in [0.29, 0.717) is 5.69 Å². The normalized spacial score (nSPS) is 11.1. The van der Waals surface area contributed by atoms with Crippen molar-refractivity contribution in [2.75, 3.05) is 0 Å². The lowest BCUT2D eigenvalue weighted by Gasteiger charge is -2.19. The van der Waals surface area contributed by atoms with E-state index in [-0.39, 0.29) is 5.69 Å². The van der Waals surface area contributed by atoms with Gasteiger partial charge in [-0.15, -0.1) is 0 Å². The van der Waals surface area contributed by atoms with Gasteiger partial charge in [0.2, 0.25) is 0 Å². The van der Waals surface area contributed by atoms with Gasteiger partial charge in [0.05, 0.1) is 5.69 Å². The highest BCUT2D eigenvalue weighted by molar-refractivity contribution is 5.88. The molecule has 0 saturated heterocycles. The zero-order valence-corrected chi connectivity index (χ0v) is 8.87. The highest BCUT2D eigenvalue weighted by Crippen LogP contribution is 2.11. The minimum atomic E-state index is -0.499. The molecule has 0 aliphatic heterocycles. The van der Waals surface area contributed by atoms with E-state index in [1.807, 2.05) is 20.8 Å². The van der Waals surface area contributed by atoms with Gasteiger partial charge in [-0.1, -0.05) is 0 Å². The summed E-state index contributed by atoms with van der Waals surface area (Å²) >= 11 is 0. The van der Waals surface area contributed by atoms with Crippen molar-refractivity contribution in [2.24, 2.45) is 0 Å². The molecule has 0 radical (unpaired) electrons. The van der Waals surface area contributed by atoms with E-state index in [4.69, 9.17) is 4.74 Å². The zero-order valence-electron chi connectivity index (χ0n) is 8.87. The Kier molecular flexibility index (Phi) is 2.84. The first-order valence-electron chi connectivity index (χ1n) is 4.41. The first kappa shape index (κ1) is 10.6. The second-order valence-electron chi connectivity index (χ2n) is 3.99. The summed E-state index contributed by atoms with van der Waals surface area (Å²) in [7, 11) is 0. The SMILES string of the molecule is Cc1nccnc1C(=O)OC(C)(C)C. The molecule has 1 aromatic heterocycles. The maximum absolute atomic E-state index is 11.6. The number of rotatable bonds is 1. The van der Waals surface area contributed by atoms with Gasteiger partial charge in [-0.25, -0.2) is 9.78 Å². The third-order valence-corrected chi connectivity index (χ3v) is 1.47. The average Bonchev–Trinajstić information content (AvgIpc) is 2.01. The Hall–Kier alpha value is -1.45. The molecule has 76 valence electrons. The molecule has 1 aromatic rings. The van der Waals surface area contributed by atoms with Crippen molar-refractivity contribution < 1.29 is 9.53 Å². The third-order valence-electron chi connectivity index (χ3n) is 1.47. The molecular weight excluding hydrogens is 180 g/mol. The quantitative estimate of drug-likeness (QED) is 0.639. The lowest BCUT2D eigenvalue weighted by Crippen LogP contribution is -2.25. The topological polar surface area (TPSA) is 52.1 Å². The molecule has 0 amide bonds. The van der Waals surface area contributed by atoms with Crippen LogP contribution in [0.5, 0.6) is 0 Å². The molecule has 0 spiro atoms. The Balaban J connectivity index is 2.86. The summed E-state index contributed by atoms with van der Waals surface area (Å²) in [6.07, 6.45) is 3.02. The van der Waals surface area contributed by atoms with Crippen LogP contribution in [-0.2, 0) is 4.74 Å². The van der Waals surface area contributed by atoms with Crippen LogP contribution in [0.25, 0.3) is 0 Å². The molecule has 14 heavy (non-hydrogen) atoms. The second-order valence-corrected chi connectivity index (χ2v) is 3.99. The number of aromatic nitrogens is 2. The largest absolute Gasteiger partial charge is 0.455 e. The van der Waals surface area contributed by atoms with Crippen molar-refractivity contribution in [3.05, 3.63) is 23.8 Å². The summed E-state index contributed by atoms with van der Waals surface area (Å²) < 4.78 is 5.16. The van der Waals surface area contributed by atoms with Crippen LogP contribution in [0.2, 0.25) is 0 Å². The van der Waals surface area contributed by atoms with Crippen LogP contribution >= 0.6 is 0 Å². The van der Waals surface area contributed by atoms with E-state index in [1.165, 1.54) is 6.20 Å². The molecular formula is C10H14N2O2. The summed E-state index contributed by atoms with van der Waals surface area (Å²) in [6.45, 7) is 7.18. The molecule has 1 heterocycles. The number of hydrogen-bond acceptors (Lipinski definition) is 4. The van der Waals surface area contributed by atoms with Crippen molar-refractivity contribution in [1.29, 1.82) is 0 Å². The van der Waals surface area contributed by atoms with E-state index >= 15 is 0 Å². The number of hydrogen-bond donors (Lipinski definition) is 0. The molecule has 0 aromatic carbocycles. The highest BCUT2D eigenvalue weighted by Gasteiger charge is 2.20. The second kappa shape index (κ2) is 3.74. The summed E-state index contributed by atoms with van der Waals surface area (Å²) in [5.74, 6) is -0.428. The molecule has 0 N–H and O–H groups in total. The fourth-order valence-electron chi connectivity index (χ4n) is 0.934. The minimum Gasteiger partial charge on any atom is -0.455 e. The molecule has 0 aliphatic rings. The highest BCUT2D eigenvalue weighted by atomic mass is 16.6. The summed E-state index contributed by atoms with van der Waals surface area (Å²) in [4.78, 5) is 19.4. The van der Waals surface area contributed by atoms with E-state index in [0.717, 1.165) is 0 Å². The summed E-state index contributed by atoms with van der Waals surface area (Å²) in [5.41, 5.74) is 0.366. The van der Waals surface area contributed by atoms with Gasteiger partial charge in [0, 0.05) is 12.4 Å². The Morgan fingerprint density at radius 2 is 1.86 bits per heavy atom. The lowest BCUT2D eigenvalue weighted by atomic mass is 10.2. The van der Waals surface area contributed by atoms with Gasteiger partial charge in [0.1, 0.15) is 5.60 Å². The summed E-state index contributed by atoms with van der Waals surface area (Å²) in [6, 6.07) is 0. The molecule has 4 nitrogen and oxygen atoms in total. The van der Waals surface area contributed by atoms with Crippen LogP contribution in [0, 0.1) is 6.92 Å².